The van der Waals surface area contributed by atoms with E-state index in [0.717, 1.165) is 36.4 Å². The molecule has 3 N–H and O–H groups in total. The van der Waals surface area contributed by atoms with Crippen molar-refractivity contribution in [3.63, 3.8) is 0 Å². The minimum Gasteiger partial charge on any atom is -0.271 e. The van der Waals surface area contributed by atoms with Crippen LogP contribution in [0.2, 0.25) is 0 Å². The molecule has 4 heteroatoms. The first-order valence-electron chi connectivity index (χ1n) is 5.07. The first-order chi connectivity index (χ1) is 7.26. The maximum atomic E-state index is 5.48. The smallest absolute Gasteiger partial charge is 0.0897 e. The fraction of sp³-hybridized carbons (Fsp3) is 0.545. The number of nitrogens with two attached hydrogens (primary N) is 1. The quantitative estimate of drug-likeness (QED) is 0.333. The first-order valence-corrected chi connectivity index (χ1v) is 5.94. The number of aryl methyl sites for hydroxylation is 1. The Balaban J connectivity index is 2.37. The molecule has 0 aliphatic rings. The van der Waals surface area contributed by atoms with E-state index in [0.29, 0.717) is 0 Å². The summed E-state index contributed by atoms with van der Waals surface area (Å²) < 4.78 is 0. The second-order valence-corrected chi connectivity index (χ2v) is 4.58. The van der Waals surface area contributed by atoms with Crippen LogP contribution in [0.4, 0.5) is 0 Å². The van der Waals surface area contributed by atoms with Crippen molar-refractivity contribution in [2.24, 2.45) is 5.84 Å². The van der Waals surface area contributed by atoms with Crippen LogP contribution in [0.15, 0.2) is 5.38 Å². The SMILES string of the molecule is C#CCCCC(Cc1csc(C)n1)NN. The maximum absolute atomic E-state index is 5.48. The van der Waals surface area contributed by atoms with Gasteiger partial charge in [0.05, 0.1) is 10.7 Å². The summed E-state index contributed by atoms with van der Waals surface area (Å²) in [6.45, 7) is 2.01. The number of nitrogens with one attached hydrogen (secondary N) is 1. The lowest BCUT2D eigenvalue weighted by molar-refractivity contribution is 0.476. The highest BCUT2D eigenvalue weighted by molar-refractivity contribution is 7.09. The normalized spacial score (nSPS) is 12.3. The molecule has 1 aromatic rings. The van der Waals surface area contributed by atoms with Gasteiger partial charge in [-0.1, -0.05) is 0 Å². The second-order valence-electron chi connectivity index (χ2n) is 3.52. The van der Waals surface area contributed by atoms with E-state index in [-0.39, 0.29) is 6.04 Å². The molecule has 3 nitrogen and oxygen atoms in total. The second kappa shape index (κ2) is 6.57. The molecule has 0 saturated heterocycles. The zero-order chi connectivity index (χ0) is 11.1. The molecule has 0 fully saturated rings. The molecule has 0 bridgehead atoms. The highest BCUT2D eigenvalue weighted by Gasteiger charge is 2.09. The van der Waals surface area contributed by atoms with Crippen molar-refractivity contribution >= 4 is 11.3 Å². The zero-order valence-electron chi connectivity index (χ0n) is 8.99. The molecule has 1 aromatic heterocycles. The number of terminal acetylenes is 1. The monoisotopic (exact) mass is 223 g/mol. The van der Waals surface area contributed by atoms with Crippen LogP contribution in [-0.4, -0.2) is 11.0 Å². The number of aromatic nitrogens is 1. The van der Waals surface area contributed by atoms with Crippen LogP contribution in [0.5, 0.6) is 0 Å². The molecule has 0 aromatic carbocycles. The summed E-state index contributed by atoms with van der Waals surface area (Å²) in [5, 5.41) is 3.19. The Kier molecular flexibility index (Phi) is 5.33. The number of hydrazine groups is 1. The van der Waals surface area contributed by atoms with E-state index in [1.165, 1.54) is 0 Å². The number of hydrogen-bond donors (Lipinski definition) is 2. The molecule has 0 radical (unpaired) electrons. The lowest BCUT2D eigenvalue weighted by atomic mass is 10.1. The van der Waals surface area contributed by atoms with Crippen molar-refractivity contribution < 1.29 is 0 Å². The maximum Gasteiger partial charge on any atom is 0.0897 e. The Hall–Kier alpha value is -0.890. The standard InChI is InChI=1S/C11H17N3S/c1-3-4-5-6-10(14-12)7-11-8-15-9(2)13-11/h1,8,10,14H,4-7,12H2,2H3. The molecule has 0 aliphatic carbocycles. The topological polar surface area (TPSA) is 50.9 Å². The third-order valence-corrected chi connectivity index (χ3v) is 3.05. The van der Waals surface area contributed by atoms with Crippen molar-refractivity contribution in [2.75, 3.05) is 0 Å². The van der Waals surface area contributed by atoms with Gasteiger partial charge in [0.1, 0.15) is 0 Å². The van der Waals surface area contributed by atoms with Gasteiger partial charge in [-0.05, 0) is 19.8 Å². The molecule has 1 atom stereocenters. The van der Waals surface area contributed by atoms with Crippen LogP contribution >= 0.6 is 11.3 Å². The lowest BCUT2D eigenvalue weighted by Crippen LogP contribution is -2.36. The number of unbranched alkanes of at least 4 members (excludes halogenated alkanes) is 1. The molecule has 0 spiro atoms. The van der Waals surface area contributed by atoms with E-state index < -0.39 is 0 Å². The Morgan fingerprint density at radius 3 is 3.07 bits per heavy atom. The van der Waals surface area contributed by atoms with Crippen molar-refractivity contribution in [3.05, 3.63) is 16.1 Å². The average Bonchev–Trinajstić information content (AvgIpc) is 2.63. The fourth-order valence-corrected chi connectivity index (χ4v) is 2.07. The van der Waals surface area contributed by atoms with Gasteiger partial charge in [-0.15, -0.1) is 23.7 Å². The van der Waals surface area contributed by atoms with E-state index in [1.807, 2.05) is 6.92 Å². The van der Waals surface area contributed by atoms with Gasteiger partial charge in [-0.25, -0.2) is 4.98 Å². The average molecular weight is 223 g/mol. The van der Waals surface area contributed by atoms with Gasteiger partial charge >= 0.3 is 0 Å². The van der Waals surface area contributed by atoms with Crippen LogP contribution in [0.25, 0.3) is 0 Å². The van der Waals surface area contributed by atoms with Crippen LogP contribution in [-0.2, 0) is 6.42 Å². The Bertz CT molecular complexity index is 327. The summed E-state index contributed by atoms with van der Waals surface area (Å²) in [6, 6.07) is 0.278. The lowest BCUT2D eigenvalue weighted by Gasteiger charge is -2.13. The van der Waals surface area contributed by atoms with E-state index in [2.05, 4.69) is 21.7 Å². The summed E-state index contributed by atoms with van der Waals surface area (Å²) in [5.74, 6) is 8.12. The third kappa shape index (κ3) is 4.43. The molecule has 1 unspecified atom stereocenters. The van der Waals surface area contributed by atoms with Crippen molar-refractivity contribution in [1.29, 1.82) is 0 Å². The van der Waals surface area contributed by atoms with E-state index >= 15 is 0 Å². The number of hydrogen-bond acceptors (Lipinski definition) is 4. The minimum absolute atomic E-state index is 0.278. The fourth-order valence-electron chi connectivity index (χ4n) is 1.45. The van der Waals surface area contributed by atoms with E-state index in [4.69, 9.17) is 12.3 Å². The molecule has 1 rings (SSSR count). The van der Waals surface area contributed by atoms with Crippen LogP contribution in [0.3, 0.4) is 0 Å². The zero-order valence-corrected chi connectivity index (χ0v) is 9.81. The predicted molar refractivity (Wildman–Crippen MR) is 64.4 cm³/mol. The van der Waals surface area contributed by atoms with E-state index in [1.54, 1.807) is 11.3 Å². The predicted octanol–water partition coefficient (Wildman–Crippen LogP) is 1.63. The number of thiazole rings is 1. The molecule has 15 heavy (non-hydrogen) atoms. The largest absolute Gasteiger partial charge is 0.271 e. The molecular formula is C11H17N3S. The summed E-state index contributed by atoms with van der Waals surface area (Å²) in [4.78, 5) is 4.41. The van der Waals surface area contributed by atoms with Gasteiger partial charge in [-0.2, -0.15) is 0 Å². The van der Waals surface area contributed by atoms with Crippen molar-refractivity contribution in [2.45, 2.75) is 38.6 Å². The van der Waals surface area contributed by atoms with Gasteiger partial charge in [0, 0.05) is 24.3 Å². The highest BCUT2D eigenvalue weighted by Crippen LogP contribution is 2.12. The third-order valence-electron chi connectivity index (χ3n) is 2.23. The van der Waals surface area contributed by atoms with Crippen LogP contribution in [0.1, 0.15) is 30.0 Å². The molecular weight excluding hydrogens is 206 g/mol. The number of nitrogens with zero attached hydrogens (tertiary/aromatic N) is 1. The van der Waals surface area contributed by atoms with Crippen molar-refractivity contribution in [1.82, 2.24) is 10.4 Å². The Labute approximate surface area is 95.1 Å². The summed E-state index contributed by atoms with van der Waals surface area (Å²) >= 11 is 1.67. The van der Waals surface area contributed by atoms with Gasteiger partial charge in [0.15, 0.2) is 0 Å². The van der Waals surface area contributed by atoms with Gasteiger partial charge < -0.3 is 0 Å². The summed E-state index contributed by atoms with van der Waals surface area (Å²) in [7, 11) is 0. The van der Waals surface area contributed by atoms with Crippen LogP contribution < -0.4 is 11.3 Å². The molecule has 0 saturated carbocycles. The van der Waals surface area contributed by atoms with Gasteiger partial charge in [0.2, 0.25) is 0 Å². The Morgan fingerprint density at radius 1 is 1.73 bits per heavy atom. The van der Waals surface area contributed by atoms with Crippen LogP contribution in [0, 0.1) is 19.3 Å². The van der Waals surface area contributed by atoms with Gasteiger partial charge in [-0.3, -0.25) is 11.3 Å². The molecule has 0 amide bonds. The first kappa shape index (κ1) is 12.2. The Morgan fingerprint density at radius 2 is 2.53 bits per heavy atom. The van der Waals surface area contributed by atoms with E-state index in [9.17, 15) is 0 Å². The highest BCUT2D eigenvalue weighted by atomic mass is 32.1. The van der Waals surface area contributed by atoms with Crippen molar-refractivity contribution in [3.8, 4) is 12.3 Å². The van der Waals surface area contributed by atoms with Gasteiger partial charge in [0.25, 0.3) is 0 Å². The summed E-state index contributed by atoms with van der Waals surface area (Å²) in [5.41, 5.74) is 3.93. The summed E-state index contributed by atoms with van der Waals surface area (Å²) in [6.07, 6.45) is 8.90. The minimum atomic E-state index is 0.278. The molecule has 1 heterocycles. The number of rotatable bonds is 6. The molecule has 0 aliphatic heterocycles. The molecule has 82 valence electrons.